The van der Waals surface area contributed by atoms with E-state index in [1.165, 1.54) is 46.2 Å². The molecule has 2 aliphatic rings. The number of benzene rings is 4. The molecule has 0 unspecified atom stereocenters. The summed E-state index contributed by atoms with van der Waals surface area (Å²) in [5.41, 5.74) is 13.5. The second-order valence-corrected chi connectivity index (χ2v) is 17.0. The number of fused-ring (bicyclic) bond motifs is 3. The number of rotatable bonds is 8. The Kier molecular flexibility index (Phi) is 11.0. The molecule has 6 rings (SSSR count). The first-order valence-corrected chi connectivity index (χ1v) is 18.6. The van der Waals surface area contributed by atoms with Crippen LogP contribution in [0, 0.1) is 0 Å². The van der Waals surface area contributed by atoms with Crippen molar-refractivity contribution in [1.29, 1.82) is 0 Å². The Morgan fingerprint density at radius 1 is 0.683 bits per heavy atom. The molecule has 0 saturated heterocycles. The first-order valence-electron chi connectivity index (χ1n) is 14.7. The maximum atomic E-state index is 2.57. The summed E-state index contributed by atoms with van der Waals surface area (Å²) >= 11 is -2.66. The van der Waals surface area contributed by atoms with Crippen molar-refractivity contribution in [3.8, 4) is 11.1 Å². The second kappa shape index (κ2) is 14.2. The van der Waals surface area contributed by atoms with Crippen molar-refractivity contribution < 1.29 is 46.1 Å². The van der Waals surface area contributed by atoms with Gasteiger partial charge in [0.2, 0.25) is 0 Å². The zero-order valence-electron chi connectivity index (χ0n) is 24.3. The van der Waals surface area contributed by atoms with Crippen LogP contribution in [0.5, 0.6) is 0 Å². The first kappa shape index (κ1) is 31.6. The van der Waals surface area contributed by atoms with Gasteiger partial charge >= 0.3 is 244 Å². The van der Waals surface area contributed by atoms with Crippen LogP contribution in [-0.4, -0.2) is 3.21 Å². The molecule has 4 aromatic rings. The molecule has 0 radical (unpaired) electrons. The number of aryl methyl sites for hydroxylation is 2. The molecule has 0 amide bonds. The largest absolute Gasteiger partial charge is 1.00 e. The molecular weight excluding hydrogens is 619 g/mol. The maximum Gasteiger partial charge on any atom is -1.00 e. The van der Waals surface area contributed by atoms with Crippen molar-refractivity contribution >= 4 is 3.21 Å². The topological polar surface area (TPSA) is 0 Å². The Morgan fingerprint density at radius 3 is 1.66 bits per heavy atom. The molecule has 0 bridgehead atoms. The van der Waals surface area contributed by atoms with E-state index in [1.54, 1.807) is 23.2 Å². The quantitative estimate of drug-likeness (QED) is 0.271. The molecule has 0 aromatic heterocycles. The van der Waals surface area contributed by atoms with E-state index in [2.05, 4.69) is 130 Å². The van der Waals surface area contributed by atoms with Crippen LogP contribution in [0.2, 0.25) is 0 Å². The SMILES string of the molecule is CCCC1=[C]([Zr+2](=[C](c2ccccc2)c2ccccc2)[CH]2c3cc(CC)ccc3-c3ccc(CC)cc32)CC=C1.[Cl-].[Cl-]. The molecule has 4 aromatic carbocycles. The van der Waals surface area contributed by atoms with E-state index in [0.717, 1.165) is 19.3 Å². The summed E-state index contributed by atoms with van der Waals surface area (Å²) in [5, 5.41) is 0. The molecule has 3 heteroatoms. The Morgan fingerprint density at radius 2 is 1.20 bits per heavy atom. The molecule has 2 aliphatic carbocycles. The fourth-order valence-electron chi connectivity index (χ4n) is 6.60. The summed E-state index contributed by atoms with van der Waals surface area (Å²) in [5.74, 6) is 0. The van der Waals surface area contributed by atoms with Crippen molar-refractivity contribution in [2.45, 2.75) is 56.5 Å². The minimum Gasteiger partial charge on any atom is -1.00 e. The molecule has 0 spiro atoms. The van der Waals surface area contributed by atoms with E-state index in [4.69, 9.17) is 0 Å². The van der Waals surface area contributed by atoms with Gasteiger partial charge in [0.15, 0.2) is 0 Å². The van der Waals surface area contributed by atoms with Crippen LogP contribution in [0.4, 0.5) is 0 Å². The molecule has 0 nitrogen and oxygen atoms in total. The molecule has 0 saturated carbocycles. The van der Waals surface area contributed by atoms with Gasteiger partial charge in [-0.15, -0.1) is 0 Å². The van der Waals surface area contributed by atoms with Crippen molar-refractivity contribution in [2.75, 3.05) is 0 Å². The van der Waals surface area contributed by atoms with Crippen LogP contribution in [0.15, 0.2) is 118 Å². The monoisotopic (exact) mass is 654 g/mol. The predicted molar refractivity (Wildman–Crippen MR) is 164 cm³/mol. The zero-order chi connectivity index (χ0) is 26.8. The van der Waals surface area contributed by atoms with Crippen LogP contribution >= 0.6 is 0 Å². The zero-order valence-corrected chi connectivity index (χ0v) is 28.2. The Labute approximate surface area is 266 Å². The van der Waals surface area contributed by atoms with Gasteiger partial charge in [0, 0.05) is 0 Å². The molecule has 0 heterocycles. The van der Waals surface area contributed by atoms with Crippen LogP contribution < -0.4 is 24.8 Å². The van der Waals surface area contributed by atoms with E-state index in [-0.39, 0.29) is 24.8 Å². The average Bonchev–Trinajstić information content (AvgIpc) is 3.58. The molecule has 0 aliphatic heterocycles. The molecule has 41 heavy (non-hydrogen) atoms. The van der Waals surface area contributed by atoms with Gasteiger partial charge in [-0.2, -0.15) is 0 Å². The predicted octanol–water partition coefficient (Wildman–Crippen LogP) is 3.79. The average molecular weight is 657 g/mol. The van der Waals surface area contributed by atoms with E-state index in [0.29, 0.717) is 3.63 Å². The number of halogens is 2. The van der Waals surface area contributed by atoms with Gasteiger partial charge in [-0.3, -0.25) is 0 Å². The van der Waals surface area contributed by atoms with Gasteiger partial charge in [-0.25, -0.2) is 0 Å². The minimum absolute atomic E-state index is 0. The summed E-state index contributed by atoms with van der Waals surface area (Å²) in [7, 11) is 0. The van der Waals surface area contributed by atoms with Crippen molar-refractivity contribution in [2.24, 2.45) is 0 Å². The number of hydrogen-bond donors (Lipinski definition) is 0. The summed E-state index contributed by atoms with van der Waals surface area (Å²) in [6.45, 7) is 6.92. The van der Waals surface area contributed by atoms with Crippen LogP contribution in [0.1, 0.15) is 77.0 Å². The maximum absolute atomic E-state index is 2.66. The molecule has 0 fully saturated rings. The fraction of sp³-hybridized carbons (Fsp3) is 0.237. The van der Waals surface area contributed by atoms with Crippen LogP contribution in [-0.2, 0) is 34.1 Å². The van der Waals surface area contributed by atoms with E-state index >= 15 is 0 Å². The van der Waals surface area contributed by atoms with Crippen molar-refractivity contribution in [1.82, 2.24) is 0 Å². The summed E-state index contributed by atoms with van der Waals surface area (Å²) in [6, 6.07) is 37.4. The summed E-state index contributed by atoms with van der Waals surface area (Å²) in [6.07, 6.45) is 10.6. The Hall–Kier alpha value is -2.31. The van der Waals surface area contributed by atoms with Gasteiger partial charge in [0.1, 0.15) is 0 Å². The summed E-state index contributed by atoms with van der Waals surface area (Å²) < 4.78 is 3.93. The third kappa shape index (κ3) is 6.10. The van der Waals surface area contributed by atoms with Gasteiger partial charge < -0.3 is 24.8 Å². The smallest absolute Gasteiger partial charge is 1.00 e. The third-order valence-electron chi connectivity index (χ3n) is 8.52. The van der Waals surface area contributed by atoms with Gasteiger partial charge in [-0.1, -0.05) is 0 Å². The molecule has 208 valence electrons. The van der Waals surface area contributed by atoms with Gasteiger partial charge in [-0.05, 0) is 0 Å². The number of hydrogen-bond acceptors (Lipinski definition) is 0. The van der Waals surface area contributed by atoms with Gasteiger partial charge in [0.05, 0.1) is 0 Å². The summed E-state index contributed by atoms with van der Waals surface area (Å²) in [4.78, 5) is 0. The van der Waals surface area contributed by atoms with E-state index in [9.17, 15) is 0 Å². The Balaban J connectivity index is 0.00000194. The minimum atomic E-state index is -2.66. The standard InChI is InChI=1S/C17H17.C13H10.C8H11.2ClH.Zr/c1-3-12-5-7-16-14(9-12)11-15-10-13(4-2)6-8-17(15)16;1-3-7-12(8-4-1)11-13-9-5-2-6-10-13;1-2-5-8-6-3-4-7-8;;;/h5-11H,3-4H2,1-2H3;1-10H;3,6H,2,4-5H2,1H3;2*1H;/q;;;;;+2/p-2. The van der Waals surface area contributed by atoms with E-state index in [1.807, 2.05) is 0 Å². The fourth-order valence-corrected chi connectivity index (χ4v) is 16.2. The van der Waals surface area contributed by atoms with Crippen molar-refractivity contribution in [3.05, 3.63) is 151 Å². The number of allylic oxidation sites excluding steroid dienone is 4. The van der Waals surface area contributed by atoms with Crippen LogP contribution in [0.25, 0.3) is 11.1 Å². The molecule has 0 N–H and O–H groups in total. The molecular formula is C38H38Cl2Zr. The first-order chi connectivity index (χ1) is 19.2. The van der Waals surface area contributed by atoms with Gasteiger partial charge in [0.25, 0.3) is 0 Å². The van der Waals surface area contributed by atoms with E-state index < -0.39 is 21.3 Å². The molecule has 0 atom stereocenters. The Bertz CT molecular complexity index is 1500. The second-order valence-electron chi connectivity index (χ2n) is 10.9. The van der Waals surface area contributed by atoms with Crippen LogP contribution in [0.3, 0.4) is 0 Å². The third-order valence-corrected chi connectivity index (χ3v) is 17.1. The normalized spacial score (nSPS) is 13.1. The van der Waals surface area contributed by atoms with Crippen molar-refractivity contribution in [3.63, 3.8) is 0 Å².